The topological polar surface area (TPSA) is 58.3 Å². The zero-order valence-corrected chi connectivity index (χ0v) is 16.8. The molecule has 1 aliphatic carbocycles. The molecule has 1 aromatic heterocycles. The fourth-order valence-corrected chi connectivity index (χ4v) is 3.81. The fourth-order valence-electron chi connectivity index (χ4n) is 3.81. The van der Waals surface area contributed by atoms with Crippen molar-refractivity contribution in [3.05, 3.63) is 11.6 Å². The highest BCUT2D eigenvalue weighted by molar-refractivity contribution is 14.0. The number of rotatable bonds is 3. The standard InChI is InChI=1S/C16H28N6.HI/c1-4-17-15(18-11-14-20-19-13(2)21(14)3)22-10-9-16(12-22)7-5-6-8-16;/h4-12H2,1-3H3,(H,17,18);1H. The van der Waals surface area contributed by atoms with Gasteiger partial charge in [0.05, 0.1) is 0 Å². The molecule has 130 valence electrons. The first-order valence-electron chi connectivity index (χ1n) is 8.52. The summed E-state index contributed by atoms with van der Waals surface area (Å²) in [7, 11) is 2.00. The maximum atomic E-state index is 4.80. The van der Waals surface area contributed by atoms with E-state index < -0.39 is 0 Å². The lowest BCUT2D eigenvalue weighted by Crippen LogP contribution is -2.41. The third-order valence-corrected chi connectivity index (χ3v) is 5.29. The highest BCUT2D eigenvalue weighted by Gasteiger charge is 2.41. The first kappa shape index (κ1) is 18.5. The monoisotopic (exact) mass is 432 g/mol. The van der Waals surface area contributed by atoms with Crippen LogP contribution in [0, 0.1) is 12.3 Å². The molecule has 1 saturated heterocycles. The van der Waals surface area contributed by atoms with Gasteiger partial charge in [0.1, 0.15) is 12.4 Å². The van der Waals surface area contributed by atoms with E-state index in [1.807, 2.05) is 18.5 Å². The number of hydrogen-bond acceptors (Lipinski definition) is 3. The van der Waals surface area contributed by atoms with Crippen molar-refractivity contribution >= 4 is 29.9 Å². The number of halogens is 1. The number of aromatic nitrogens is 3. The summed E-state index contributed by atoms with van der Waals surface area (Å²) in [5, 5.41) is 11.8. The molecule has 0 amide bonds. The van der Waals surface area contributed by atoms with Crippen molar-refractivity contribution < 1.29 is 0 Å². The van der Waals surface area contributed by atoms with Gasteiger partial charge in [0.2, 0.25) is 0 Å². The number of aliphatic imine (C=N–C) groups is 1. The van der Waals surface area contributed by atoms with Crippen molar-refractivity contribution in [2.45, 2.75) is 52.5 Å². The third kappa shape index (κ3) is 3.97. The lowest BCUT2D eigenvalue weighted by atomic mass is 9.86. The summed E-state index contributed by atoms with van der Waals surface area (Å²) in [5.41, 5.74) is 0.567. The number of hydrogen-bond donors (Lipinski definition) is 1. The van der Waals surface area contributed by atoms with E-state index in [9.17, 15) is 0 Å². The molecular formula is C16H29IN6. The number of likely N-dealkylation sites (tertiary alicyclic amines) is 1. The van der Waals surface area contributed by atoms with Gasteiger partial charge < -0.3 is 14.8 Å². The zero-order valence-electron chi connectivity index (χ0n) is 14.5. The van der Waals surface area contributed by atoms with Gasteiger partial charge in [-0.3, -0.25) is 0 Å². The van der Waals surface area contributed by atoms with Gasteiger partial charge in [-0.25, -0.2) is 4.99 Å². The predicted octanol–water partition coefficient (Wildman–Crippen LogP) is 2.47. The Morgan fingerprint density at radius 3 is 2.61 bits per heavy atom. The van der Waals surface area contributed by atoms with Crippen LogP contribution in [0.2, 0.25) is 0 Å². The number of nitrogens with zero attached hydrogens (tertiary/aromatic N) is 5. The van der Waals surface area contributed by atoms with Crippen LogP contribution in [0.3, 0.4) is 0 Å². The van der Waals surface area contributed by atoms with Crippen LogP contribution in [0.25, 0.3) is 0 Å². The van der Waals surface area contributed by atoms with Crippen molar-refractivity contribution in [3.63, 3.8) is 0 Å². The average molecular weight is 432 g/mol. The molecule has 6 nitrogen and oxygen atoms in total. The van der Waals surface area contributed by atoms with Gasteiger partial charge in [-0.2, -0.15) is 0 Å². The maximum absolute atomic E-state index is 4.80. The van der Waals surface area contributed by atoms with Crippen LogP contribution < -0.4 is 5.32 Å². The molecule has 1 aliphatic heterocycles. The Morgan fingerprint density at radius 1 is 1.26 bits per heavy atom. The van der Waals surface area contributed by atoms with Gasteiger partial charge in [-0.15, -0.1) is 34.2 Å². The molecule has 1 aromatic rings. The number of guanidine groups is 1. The maximum Gasteiger partial charge on any atom is 0.194 e. The minimum Gasteiger partial charge on any atom is -0.357 e. The minimum atomic E-state index is 0. The minimum absolute atomic E-state index is 0. The molecule has 7 heteroatoms. The summed E-state index contributed by atoms with van der Waals surface area (Å²) in [5.74, 6) is 2.89. The van der Waals surface area contributed by atoms with Crippen molar-refractivity contribution in [2.75, 3.05) is 19.6 Å². The van der Waals surface area contributed by atoms with E-state index in [2.05, 4.69) is 27.3 Å². The lowest BCUT2D eigenvalue weighted by Gasteiger charge is -2.25. The molecule has 23 heavy (non-hydrogen) atoms. The van der Waals surface area contributed by atoms with Crippen LogP contribution in [0.5, 0.6) is 0 Å². The Labute approximate surface area is 156 Å². The summed E-state index contributed by atoms with van der Waals surface area (Å²) in [6.45, 7) is 7.88. The van der Waals surface area contributed by atoms with E-state index >= 15 is 0 Å². The van der Waals surface area contributed by atoms with Gasteiger partial charge in [0, 0.05) is 26.7 Å². The summed E-state index contributed by atoms with van der Waals surface area (Å²) >= 11 is 0. The van der Waals surface area contributed by atoms with Crippen LogP contribution in [-0.4, -0.2) is 45.3 Å². The van der Waals surface area contributed by atoms with Gasteiger partial charge in [0.25, 0.3) is 0 Å². The quantitative estimate of drug-likeness (QED) is 0.453. The van der Waals surface area contributed by atoms with E-state index in [4.69, 9.17) is 4.99 Å². The molecule has 0 bridgehead atoms. The van der Waals surface area contributed by atoms with Crippen molar-refractivity contribution in [1.29, 1.82) is 0 Å². The lowest BCUT2D eigenvalue weighted by molar-refractivity contribution is 0.309. The first-order valence-corrected chi connectivity index (χ1v) is 8.52. The predicted molar refractivity (Wildman–Crippen MR) is 103 cm³/mol. The van der Waals surface area contributed by atoms with Crippen LogP contribution in [0.4, 0.5) is 0 Å². The Morgan fingerprint density at radius 2 is 2.00 bits per heavy atom. The Bertz CT molecular complexity index is 547. The highest BCUT2D eigenvalue weighted by Crippen LogP contribution is 2.45. The normalized spacial score (nSPS) is 20.1. The molecule has 3 rings (SSSR count). The van der Waals surface area contributed by atoms with Crippen molar-refractivity contribution in [2.24, 2.45) is 17.5 Å². The summed E-state index contributed by atoms with van der Waals surface area (Å²) in [6.07, 6.45) is 6.91. The van der Waals surface area contributed by atoms with E-state index in [1.54, 1.807) is 0 Å². The molecule has 0 atom stereocenters. The summed E-state index contributed by atoms with van der Waals surface area (Å²) in [6, 6.07) is 0. The highest BCUT2D eigenvalue weighted by atomic mass is 127. The molecule has 0 unspecified atom stereocenters. The second kappa shape index (κ2) is 7.81. The first-order chi connectivity index (χ1) is 10.6. The van der Waals surface area contributed by atoms with Crippen molar-refractivity contribution in [3.8, 4) is 0 Å². The van der Waals surface area contributed by atoms with Gasteiger partial charge >= 0.3 is 0 Å². The average Bonchev–Trinajstić information content (AvgIpc) is 3.22. The van der Waals surface area contributed by atoms with Gasteiger partial charge in [-0.1, -0.05) is 12.8 Å². The Balaban J connectivity index is 0.00000192. The van der Waals surface area contributed by atoms with Crippen LogP contribution in [0.1, 0.15) is 50.7 Å². The number of nitrogens with one attached hydrogen (secondary N) is 1. The van der Waals surface area contributed by atoms with Crippen LogP contribution >= 0.6 is 24.0 Å². The van der Waals surface area contributed by atoms with Gasteiger partial charge in [0.15, 0.2) is 11.8 Å². The second-order valence-electron chi connectivity index (χ2n) is 6.77. The van der Waals surface area contributed by atoms with E-state index in [1.165, 1.54) is 32.1 Å². The van der Waals surface area contributed by atoms with Crippen LogP contribution in [-0.2, 0) is 13.6 Å². The summed E-state index contributed by atoms with van der Waals surface area (Å²) in [4.78, 5) is 7.25. The van der Waals surface area contributed by atoms with E-state index in [0.717, 1.165) is 37.2 Å². The molecule has 1 N–H and O–H groups in total. The van der Waals surface area contributed by atoms with Crippen LogP contribution in [0.15, 0.2) is 4.99 Å². The summed E-state index contributed by atoms with van der Waals surface area (Å²) < 4.78 is 2.01. The number of aryl methyl sites for hydroxylation is 1. The Kier molecular flexibility index (Phi) is 6.27. The molecule has 0 radical (unpaired) electrons. The molecule has 2 aliphatic rings. The molecule has 0 aromatic carbocycles. The van der Waals surface area contributed by atoms with E-state index in [-0.39, 0.29) is 24.0 Å². The SMILES string of the molecule is CCNC(=NCc1nnc(C)n1C)N1CCC2(CCCC2)C1.I. The largest absolute Gasteiger partial charge is 0.357 e. The molecule has 1 saturated carbocycles. The zero-order chi connectivity index (χ0) is 15.6. The van der Waals surface area contributed by atoms with E-state index in [0.29, 0.717) is 12.0 Å². The van der Waals surface area contributed by atoms with Gasteiger partial charge in [-0.05, 0) is 38.5 Å². The molecular weight excluding hydrogens is 403 g/mol. The second-order valence-corrected chi connectivity index (χ2v) is 6.77. The molecule has 2 heterocycles. The molecule has 2 fully saturated rings. The smallest absolute Gasteiger partial charge is 0.194 e. The Hall–Kier alpha value is -0.860. The molecule has 1 spiro atoms. The third-order valence-electron chi connectivity index (χ3n) is 5.29. The van der Waals surface area contributed by atoms with Crippen molar-refractivity contribution in [1.82, 2.24) is 25.0 Å². The fraction of sp³-hybridized carbons (Fsp3) is 0.812.